The molecule has 0 fully saturated rings. The first-order valence-corrected chi connectivity index (χ1v) is 12.9. The van der Waals surface area contributed by atoms with Gasteiger partial charge in [-0.15, -0.1) is 22.7 Å². The monoisotopic (exact) mass is 492 g/mol. The molecular formula is C25H24N4O3S2. The maximum Gasteiger partial charge on any atom is 0.268 e. The van der Waals surface area contributed by atoms with Gasteiger partial charge in [0, 0.05) is 15.8 Å². The normalized spacial score (nSPS) is 19.1. The second-order valence-electron chi connectivity index (χ2n) is 8.83. The molecule has 2 unspecified atom stereocenters. The van der Waals surface area contributed by atoms with Crippen molar-refractivity contribution in [3.8, 4) is 23.1 Å². The number of thiazole rings is 1. The van der Waals surface area contributed by atoms with E-state index in [-0.39, 0.29) is 18.4 Å². The number of nitrogens with zero attached hydrogens (tertiary/aromatic N) is 3. The Hall–Kier alpha value is -3.22. The zero-order valence-electron chi connectivity index (χ0n) is 19.2. The highest BCUT2D eigenvalue weighted by atomic mass is 32.1. The molecule has 0 saturated carbocycles. The minimum Gasteiger partial charge on any atom is -0.479 e. The van der Waals surface area contributed by atoms with Gasteiger partial charge in [-0.1, -0.05) is 6.92 Å². The largest absolute Gasteiger partial charge is 0.479 e. The van der Waals surface area contributed by atoms with Crippen LogP contribution >= 0.6 is 22.7 Å². The lowest BCUT2D eigenvalue weighted by atomic mass is 9.89. The molecule has 0 saturated heterocycles. The summed E-state index contributed by atoms with van der Waals surface area (Å²) in [6, 6.07) is 7.84. The number of ether oxygens (including phenoxy) is 1. The van der Waals surface area contributed by atoms with Crippen molar-refractivity contribution >= 4 is 45.2 Å². The number of nitrogens with one attached hydrogen (secondary N) is 1. The maximum absolute atomic E-state index is 13.1. The Labute approximate surface area is 206 Å². The predicted octanol–water partition coefficient (Wildman–Crippen LogP) is 4.93. The fourth-order valence-electron chi connectivity index (χ4n) is 4.49. The van der Waals surface area contributed by atoms with Crippen LogP contribution in [0.4, 0.5) is 10.7 Å². The molecule has 3 aromatic rings. The van der Waals surface area contributed by atoms with Gasteiger partial charge in [0.2, 0.25) is 5.91 Å². The van der Waals surface area contributed by atoms with Gasteiger partial charge in [0.15, 0.2) is 6.10 Å². The van der Waals surface area contributed by atoms with Crippen molar-refractivity contribution in [2.45, 2.75) is 46.1 Å². The van der Waals surface area contributed by atoms with Crippen molar-refractivity contribution in [2.24, 2.45) is 5.92 Å². The van der Waals surface area contributed by atoms with Crippen LogP contribution in [0.3, 0.4) is 0 Å². The first-order chi connectivity index (χ1) is 16.3. The summed E-state index contributed by atoms with van der Waals surface area (Å²) in [6.45, 7) is 5.66. The van der Waals surface area contributed by atoms with Gasteiger partial charge in [0.25, 0.3) is 5.91 Å². The van der Waals surface area contributed by atoms with E-state index in [0.29, 0.717) is 27.9 Å². The fraction of sp³-hybridized carbons (Fsp3) is 0.360. The molecule has 1 aromatic carbocycles. The Kier molecular flexibility index (Phi) is 5.88. The van der Waals surface area contributed by atoms with E-state index in [2.05, 4.69) is 23.3 Å². The van der Waals surface area contributed by atoms with Crippen molar-refractivity contribution in [3.05, 3.63) is 44.6 Å². The zero-order chi connectivity index (χ0) is 24.0. The topological polar surface area (TPSA) is 95.3 Å². The van der Waals surface area contributed by atoms with Gasteiger partial charge in [-0.3, -0.25) is 14.5 Å². The molecule has 2 aromatic heterocycles. The van der Waals surface area contributed by atoms with Crippen molar-refractivity contribution in [3.63, 3.8) is 0 Å². The number of aromatic nitrogens is 1. The Bertz CT molecular complexity index is 1340. The molecule has 0 bridgehead atoms. The van der Waals surface area contributed by atoms with E-state index < -0.39 is 6.10 Å². The third-order valence-electron chi connectivity index (χ3n) is 6.26. The van der Waals surface area contributed by atoms with E-state index in [9.17, 15) is 14.9 Å². The van der Waals surface area contributed by atoms with E-state index in [1.807, 2.05) is 30.5 Å². The van der Waals surface area contributed by atoms with Gasteiger partial charge in [0.05, 0.1) is 22.0 Å². The SMILES string of the molecule is Cc1nc(-c2ccc3c(c2)N(CC(=O)Nc2sc4c(c2C#N)CCC(C)C4)C(=O)C(C)O3)cs1. The summed E-state index contributed by atoms with van der Waals surface area (Å²) in [5.74, 6) is 0.496. The first kappa shape index (κ1) is 22.6. The lowest BCUT2D eigenvalue weighted by Crippen LogP contribution is -2.47. The number of amides is 2. The van der Waals surface area contributed by atoms with E-state index >= 15 is 0 Å². The number of fused-ring (bicyclic) bond motifs is 2. The molecule has 9 heteroatoms. The van der Waals surface area contributed by atoms with Gasteiger partial charge in [-0.25, -0.2) is 4.98 Å². The Morgan fingerprint density at radius 3 is 2.94 bits per heavy atom. The molecule has 2 amide bonds. The number of thiophene rings is 1. The molecule has 0 radical (unpaired) electrons. The molecule has 7 nitrogen and oxygen atoms in total. The summed E-state index contributed by atoms with van der Waals surface area (Å²) < 4.78 is 5.79. The van der Waals surface area contributed by atoms with Gasteiger partial charge in [0.1, 0.15) is 23.4 Å². The van der Waals surface area contributed by atoms with Crippen LogP contribution in [0.15, 0.2) is 23.6 Å². The van der Waals surface area contributed by atoms with E-state index in [4.69, 9.17) is 4.74 Å². The molecule has 3 heterocycles. The third-order valence-corrected chi connectivity index (χ3v) is 8.20. The van der Waals surface area contributed by atoms with Crippen LogP contribution < -0.4 is 15.0 Å². The molecule has 5 rings (SSSR count). The summed E-state index contributed by atoms with van der Waals surface area (Å²) >= 11 is 3.03. The van der Waals surface area contributed by atoms with Crippen molar-refractivity contribution in [1.82, 2.24) is 4.98 Å². The number of carbonyl (C=O) groups is 2. The van der Waals surface area contributed by atoms with Crippen LogP contribution in [0.1, 0.15) is 41.3 Å². The van der Waals surface area contributed by atoms with Gasteiger partial charge < -0.3 is 10.1 Å². The molecule has 1 N–H and O–H groups in total. The number of anilines is 2. The highest BCUT2D eigenvalue weighted by Crippen LogP contribution is 2.40. The minimum absolute atomic E-state index is 0.164. The maximum atomic E-state index is 13.1. The molecule has 174 valence electrons. The number of hydrogen-bond acceptors (Lipinski definition) is 7. The summed E-state index contributed by atoms with van der Waals surface area (Å²) in [6.07, 6.45) is 2.13. The standard InChI is InChI=1S/C25H24N4O3S2/c1-13-4-6-17-18(10-26)24(34-22(17)8-13)28-23(30)11-29-20-9-16(19-12-33-15(3)27-19)5-7-21(20)32-14(2)25(29)31/h5,7,9,12-14H,4,6,8,11H2,1-3H3,(H,28,30). The summed E-state index contributed by atoms with van der Waals surface area (Å²) in [5.41, 5.74) is 3.83. The number of benzene rings is 1. The Balaban J connectivity index is 1.42. The molecule has 0 spiro atoms. The number of aryl methyl sites for hydroxylation is 1. The highest BCUT2D eigenvalue weighted by molar-refractivity contribution is 7.16. The van der Waals surface area contributed by atoms with Crippen molar-refractivity contribution < 1.29 is 14.3 Å². The Morgan fingerprint density at radius 1 is 1.38 bits per heavy atom. The van der Waals surface area contributed by atoms with Crippen LogP contribution in [0.2, 0.25) is 0 Å². The smallest absolute Gasteiger partial charge is 0.268 e. The zero-order valence-corrected chi connectivity index (χ0v) is 20.8. The molecule has 2 aliphatic rings. The van der Waals surface area contributed by atoms with E-state index in [1.54, 1.807) is 18.3 Å². The quantitative estimate of drug-likeness (QED) is 0.557. The number of carbonyl (C=O) groups excluding carboxylic acids is 2. The summed E-state index contributed by atoms with van der Waals surface area (Å²) in [5, 5.41) is 16.1. The lowest BCUT2D eigenvalue weighted by molar-refractivity contribution is -0.127. The average molecular weight is 493 g/mol. The second-order valence-corrected chi connectivity index (χ2v) is 11.0. The number of hydrogen-bond donors (Lipinski definition) is 1. The molecular weight excluding hydrogens is 468 g/mol. The van der Waals surface area contributed by atoms with Gasteiger partial charge in [-0.2, -0.15) is 5.26 Å². The fourth-order valence-corrected chi connectivity index (χ4v) is 6.49. The van der Waals surface area contributed by atoms with Crippen LogP contribution in [-0.2, 0) is 22.4 Å². The molecule has 2 atom stereocenters. The molecule has 1 aliphatic heterocycles. The van der Waals surface area contributed by atoms with E-state index in [0.717, 1.165) is 41.1 Å². The average Bonchev–Trinajstić information content (AvgIpc) is 3.39. The van der Waals surface area contributed by atoms with Crippen LogP contribution in [0, 0.1) is 24.2 Å². The van der Waals surface area contributed by atoms with Crippen LogP contribution in [0.5, 0.6) is 5.75 Å². The second kappa shape index (κ2) is 8.85. The van der Waals surface area contributed by atoms with E-state index in [1.165, 1.54) is 21.1 Å². The highest BCUT2D eigenvalue weighted by Gasteiger charge is 2.34. The van der Waals surface area contributed by atoms with Crippen LogP contribution in [0.25, 0.3) is 11.3 Å². The minimum atomic E-state index is -0.696. The van der Waals surface area contributed by atoms with Crippen molar-refractivity contribution in [1.29, 1.82) is 5.26 Å². The van der Waals surface area contributed by atoms with Crippen molar-refractivity contribution in [2.75, 3.05) is 16.8 Å². The van der Waals surface area contributed by atoms with Gasteiger partial charge in [-0.05, 0) is 62.8 Å². The third kappa shape index (κ3) is 4.08. The summed E-state index contributed by atoms with van der Waals surface area (Å²) in [7, 11) is 0. The van der Waals surface area contributed by atoms with Gasteiger partial charge >= 0.3 is 0 Å². The van der Waals surface area contributed by atoms with Crippen LogP contribution in [-0.4, -0.2) is 29.4 Å². The number of rotatable bonds is 4. The Morgan fingerprint density at radius 2 is 2.21 bits per heavy atom. The molecule has 1 aliphatic carbocycles. The lowest BCUT2D eigenvalue weighted by Gasteiger charge is -2.32. The molecule has 34 heavy (non-hydrogen) atoms. The predicted molar refractivity (Wildman–Crippen MR) is 134 cm³/mol. The first-order valence-electron chi connectivity index (χ1n) is 11.2. The summed E-state index contributed by atoms with van der Waals surface area (Å²) in [4.78, 5) is 33.3. The number of nitriles is 1.